The third kappa shape index (κ3) is 4.11. The summed E-state index contributed by atoms with van der Waals surface area (Å²) in [5, 5.41) is 11.2. The van der Waals surface area contributed by atoms with E-state index in [2.05, 4.69) is 20.5 Å². The predicted octanol–water partition coefficient (Wildman–Crippen LogP) is 5.92. The van der Waals surface area contributed by atoms with Gasteiger partial charge in [-0.1, -0.05) is 60.7 Å². The van der Waals surface area contributed by atoms with E-state index in [1.807, 2.05) is 67.6 Å². The lowest BCUT2D eigenvalue weighted by molar-refractivity contribution is 0.0941. The number of hydrogen-bond donors (Lipinski definition) is 2. The molecule has 0 aliphatic heterocycles. The van der Waals surface area contributed by atoms with Crippen molar-refractivity contribution < 1.29 is 9.18 Å². The number of benzene rings is 3. The molecule has 2 aromatic heterocycles. The number of fused-ring (bicyclic) bond motifs is 1. The molecule has 5 nitrogen and oxygen atoms in total. The minimum Gasteiger partial charge on any atom is -0.345 e. The molecule has 6 heteroatoms. The molecular weight excluding hydrogens is 415 g/mol. The first-order chi connectivity index (χ1) is 16.1. The van der Waals surface area contributed by atoms with Gasteiger partial charge in [0.15, 0.2) is 5.65 Å². The molecule has 5 rings (SSSR count). The highest BCUT2D eigenvalue weighted by Crippen LogP contribution is 2.31. The number of aromatic amines is 1. The number of pyridine rings is 1. The highest BCUT2D eigenvalue weighted by molar-refractivity contribution is 6.11. The third-order valence-corrected chi connectivity index (χ3v) is 5.62. The lowest BCUT2D eigenvalue weighted by Gasteiger charge is -2.15. The maximum absolute atomic E-state index is 13.5. The van der Waals surface area contributed by atoms with Crippen molar-refractivity contribution in [3.8, 4) is 22.5 Å². The molecule has 2 heterocycles. The quantitative estimate of drug-likeness (QED) is 0.359. The van der Waals surface area contributed by atoms with Gasteiger partial charge in [-0.2, -0.15) is 5.10 Å². The van der Waals surface area contributed by atoms with Crippen molar-refractivity contribution in [3.05, 3.63) is 108 Å². The van der Waals surface area contributed by atoms with Crippen LogP contribution in [0, 0.1) is 5.82 Å². The van der Waals surface area contributed by atoms with Crippen molar-refractivity contribution in [2.24, 2.45) is 0 Å². The van der Waals surface area contributed by atoms with Crippen LogP contribution in [-0.2, 0) is 0 Å². The number of halogens is 1. The molecule has 0 bridgehead atoms. The molecule has 0 spiro atoms. The maximum atomic E-state index is 13.5. The van der Waals surface area contributed by atoms with Crippen LogP contribution >= 0.6 is 0 Å². The molecule has 5 aromatic rings. The second-order valence-corrected chi connectivity index (χ2v) is 7.83. The Morgan fingerprint density at radius 3 is 2.27 bits per heavy atom. The summed E-state index contributed by atoms with van der Waals surface area (Å²) in [6.45, 7) is 1.94. The Hall–Kier alpha value is -4.32. The standard InChI is InChI=1S/C27H21FN4O/c1-17(18-8-4-2-5-9-18)29-27(33)22-16-23(19-12-14-21(28)15-13-19)30-26-24(22)25(31-32-26)20-10-6-3-7-11-20/h2-17H,1H3,(H,29,33)(H,30,31,32)/t17-/m1/s1. The summed E-state index contributed by atoms with van der Waals surface area (Å²) in [6.07, 6.45) is 0. The van der Waals surface area contributed by atoms with Gasteiger partial charge in [-0.25, -0.2) is 9.37 Å². The number of nitrogens with zero attached hydrogens (tertiary/aromatic N) is 2. The van der Waals surface area contributed by atoms with E-state index in [1.54, 1.807) is 18.2 Å². The Labute approximate surface area is 190 Å². The summed E-state index contributed by atoms with van der Waals surface area (Å²) in [6, 6.07) is 27.1. The molecule has 162 valence electrons. The number of nitrogens with one attached hydrogen (secondary N) is 2. The number of hydrogen-bond acceptors (Lipinski definition) is 3. The van der Waals surface area contributed by atoms with Gasteiger partial charge in [0.2, 0.25) is 0 Å². The topological polar surface area (TPSA) is 70.7 Å². The fourth-order valence-electron chi connectivity index (χ4n) is 3.88. The molecule has 0 aliphatic carbocycles. The van der Waals surface area contributed by atoms with Crippen LogP contribution in [0.1, 0.15) is 28.9 Å². The first kappa shape index (κ1) is 20.6. The Morgan fingerprint density at radius 1 is 0.909 bits per heavy atom. The van der Waals surface area contributed by atoms with Gasteiger partial charge in [0.05, 0.1) is 28.4 Å². The minimum atomic E-state index is -0.333. The van der Waals surface area contributed by atoms with E-state index < -0.39 is 0 Å². The van der Waals surface area contributed by atoms with Gasteiger partial charge in [0.25, 0.3) is 5.91 Å². The van der Waals surface area contributed by atoms with Crippen LogP contribution in [0.15, 0.2) is 91.0 Å². The van der Waals surface area contributed by atoms with Gasteiger partial charge in [-0.05, 0) is 42.8 Å². The highest BCUT2D eigenvalue weighted by Gasteiger charge is 2.21. The monoisotopic (exact) mass is 436 g/mol. The van der Waals surface area contributed by atoms with Crippen LogP contribution in [0.3, 0.4) is 0 Å². The second-order valence-electron chi connectivity index (χ2n) is 7.83. The Balaban J connectivity index is 1.64. The van der Waals surface area contributed by atoms with E-state index in [9.17, 15) is 9.18 Å². The van der Waals surface area contributed by atoms with Gasteiger partial charge >= 0.3 is 0 Å². The lowest BCUT2D eigenvalue weighted by Crippen LogP contribution is -2.27. The Morgan fingerprint density at radius 2 is 1.58 bits per heavy atom. The van der Waals surface area contributed by atoms with Gasteiger partial charge in [0.1, 0.15) is 5.82 Å². The van der Waals surface area contributed by atoms with E-state index >= 15 is 0 Å². The first-order valence-electron chi connectivity index (χ1n) is 10.7. The molecule has 0 radical (unpaired) electrons. The maximum Gasteiger partial charge on any atom is 0.252 e. The number of rotatable bonds is 5. The van der Waals surface area contributed by atoms with Crippen LogP contribution in [0.25, 0.3) is 33.5 Å². The molecule has 1 atom stereocenters. The van der Waals surface area contributed by atoms with Gasteiger partial charge in [-0.3, -0.25) is 9.89 Å². The molecule has 0 unspecified atom stereocenters. The summed E-state index contributed by atoms with van der Waals surface area (Å²) in [4.78, 5) is 18.2. The van der Waals surface area contributed by atoms with Crippen molar-refractivity contribution in [1.82, 2.24) is 20.5 Å². The van der Waals surface area contributed by atoms with Gasteiger partial charge in [0, 0.05) is 11.1 Å². The highest BCUT2D eigenvalue weighted by atomic mass is 19.1. The Kier molecular flexibility index (Phi) is 5.40. The van der Waals surface area contributed by atoms with Crippen LogP contribution < -0.4 is 5.32 Å². The molecule has 3 aromatic carbocycles. The van der Waals surface area contributed by atoms with E-state index in [-0.39, 0.29) is 17.8 Å². The van der Waals surface area contributed by atoms with Crippen LogP contribution in [0.4, 0.5) is 4.39 Å². The SMILES string of the molecule is C[C@@H](NC(=O)c1cc(-c2ccc(F)cc2)nc2n[nH]c(-c3ccccc3)c12)c1ccccc1. The molecule has 0 saturated carbocycles. The summed E-state index contributed by atoms with van der Waals surface area (Å²) in [5.74, 6) is -0.568. The third-order valence-electron chi connectivity index (χ3n) is 5.62. The smallest absolute Gasteiger partial charge is 0.252 e. The van der Waals surface area contributed by atoms with Crippen molar-refractivity contribution in [2.45, 2.75) is 13.0 Å². The molecule has 0 saturated heterocycles. The van der Waals surface area contributed by atoms with E-state index in [0.717, 1.165) is 16.8 Å². The van der Waals surface area contributed by atoms with Crippen molar-refractivity contribution >= 4 is 16.9 Å². The van der Waals surface area contributed by atoms with E-state index in [4.69, 9.17) is 0 Å². The second kappa shape index (κ2) is 8.67. The fraction of sp³-hybridized carbons (Fsp3) is 0.0741. The average Bonchev–Trinajstić information content (AvgIpc) is 3.29. The fourth-order valence-corrected chi connectivity index (χ4v) is 3.88. The summed E-state index contributed by atoms with van der Waals surface area (Å²) in [7, 11) is 0. The molecule has 0 aliphatic rings. The predicted molar refractivity (Wildman–Crippen MR) is 127 cm³/mol. The van der Waals surface area contributed by atoms with Crippen molar-refractivity contribution in [2.75, 3.05) is 0 Å². The molecule has 33 heavy (non-hydrogen) atoms. The molecule has 2 N–H and O–H groups in total. The zero-order chi connectivity index (χ0) is 22.8. The van der Waals surface area contributed by atoms with Gasteiger partial charge < -0.3 is 5.32 Å². The van der Waals surface area contributed by atoms with Crippen LogP contribution in [-0.4, -0.2) is 21.1 Å². The zero-order valence-corrected chi connectivity index (χ0v) is 17.9. The Bertz CT molecular complexity index is 1410. The summed E-state index contributed by atoms with van der Waals surface area (Å²) >= 11 is 0. The van der Waals surface area contributed by atoms with E-state index in [0.29, 0.717) is 27.9 Å². The van der Waals surface area contributed by atoms with E-state index in [1.165, 1.54) is 12.1 Å². The number of carbonyl (C=O) groups excluding carboxylic acids is 1. The number of carbonyl (C=O) groups is 1. The minimum absolute atomic E-state index is 0.191. The molecule has 1 amide bonds. The average molecular weight is 436 g/mol. The van der Waals surface area contributed by atoms with Crippen LogP contribution in [0.5, 0.6) is 0 Å². The van der Waals surface area contributed by atoms with Gasteiger partial charge in [-0.15, -0.1) is 0 Å². The lowest BCUT2D eigenvalue weighted by atomic mass is 10.0. The summed E-state index contributed by atoms with van der Waals surface area (Å²) in [5.41, 5.74) is 4.76. The largest absolute Gasteiger partial charge is 0.345 e. The summed E-state index contributed by atoms with van der Waals surface area (Å²) < 4.78 is 13.5. The number of H-pyrrole nitrogens is 1. The zero-order valence-electron chi connectivity index (χ0n) is 17.9. The van der Waals surface area contributed by atoms with Crippen LogP contribution in [0.2, 0.25) is 0 Å². The van der Waals surface area contributed by atoms with Crippen molar-refractivity contribution in [1.29, 1.82) is 0 Å². The number of amides is 1. The first-order valence-corrected chi connectivity index (χ1v) is 10.7. The molecular formula is C27H21FN4O. The molecule has 0 fully saturated rings. The normalized spacial score (nSPS) is 11.9. The number of aromatic nitrogens is 3. The van der Waals surface area contributed by atoms with Crippen molar-refractivity contribution in [3.63, 3.8) is 0 Å².